The fraction of sp³-hybridized carbons (Fsp3) is 0.174. The number of hydrogen-bond donors (Lipinski definition) is 1. The van der Waals surface area contributed by atoms with Crippen LogP contribution in [0, 0.1) is 18.3 Å². The van der Waals surface area contributed by atoms with Crippen LogP contribution in [0.1, 0.15) is 22.4 Å². The molecule has 3 rings (SSSR count). The van der Waals surface area contributed by atoms with Crippen LogP contribution < -0.4 is 10.1 Å². The molecule has 0 fully saturated rings. The molecule has 0 saturated carbocycles. The number of amides is 1. The summed E-state index contributed by atoms with van der Waals surface area (Å²) in [5.41, 5.74) is 3.44. The van der Waals surface area contributed by atoms with Gasteiger partial charge >= 0.3 is 0 Å². The predicted molar refractivity (Wildman–Crippen MR) is 116 cm³/mol. The summed E-state index contributed by atoms with van der Waals surface area (Å²) >= 11 is 6.48. The van der Waals surface area contributed by atoms with E-state index in [9.17, 15) is 4.79 Å². The molecule has 0 saturated heterocycles. The van der Waals surface area contributed by atoms with Gasteiger partial charge in [0.25, 0.3) is 0 Å². The average molecular weight is 421 g/mol. The van der Waals surface area contributed by atoms with E-state index in [1.54, 1.807) is 22.9 Å². The van der Waals surface area contributed by atoms with Gasteiger partial charge in [-0.2, -0.15) is 10.4 Å². The maximum Gasteiger partial charge on any atom is 0.244 e. The lowest BCUT2D eigenvalue weighted by Gasteiger charge is -2.06. The lowest BCUT2D eigenvalue weighted by Crippen LogP contribution is -2.20. The van der Waals surface area contributed by atoms with Crippen molar-refractivity contribution in [2.24, 2.45) is 0 Å². The third-order valence-corrected chi connectivity index (χ3v) is 4.75. The van der Waals surface area contributed by atoms with Gasteiger partial charge in [-0.3, -0.25) is 4.79 Å². The molecular formula is C23H21ClN4O2. The van der Waals surface area contributed by atoms with Crippen molar-refractivity contribution in [3.8, 4) is 11.8 Å². The van der Waals surface area contributed by atoms with Crippen LogP contribution in [-0.4, -0.2) is 22.3 Å². The Morgan fingerprint density at radius 1 is 1.23 bits per heavy atom. The Labute approximate surface area is 180 Å². The first-order chi connectivity index (χ1) is 14.6. The molecule has 0 radical (unpaired) electrons. The van der Waals surface area contributed by atoms with Crippen molar-refractivity contribution in [2.45, 2.75) is 20.0 Å². The molecule has 1 aromatic heterocycles. The van der Waals surface area contributed by atoms with E-state index in [1.165, 1.54) is 6.08 Å². The number of nitriles is 1. The van der Waals surface area contributed by atoms with Crippen LogP contribution in [0.4, 0.5) is 0 Å². The largest absolute Gasteiger partial charge is 0.479 e. The highest BCUT2D eigenvalue weighted by Crippen LogP contribution is 2.22. The smallest absolute Gasteiger partial charge is 0.244 e. The molecule has 0 bridgehead atoms. The van der Waals surface area contributed by atoms with E-state index in [4.69, 9.17) is 21.6 Å². The van der Waals surface area contributed by atoms with Crippen molar-refractivity contribution >= 4 is 23.6 Å². The normalized spacial score (nSPS) is 10.7. The second-order valence-corrected chi connectivity index (χ2v) is 6.94. The van der Waals surface area contributed by atoms with Gasteiger partial charge < -0.3 is 10.1 Å². The SMILES string of the molecule is Cc1nn(Cc2ccccc2)c(Cl)c1/C=C/C(=O)NCc1cccc(OCC#N)c1. The average Bonchev–Trinajstić information content (AvgIpc) is 3.02. The maximum absolute atomic E-state index is 12.2. The van der Waals surface area contributed by atoms with Crippen LogP contribution in [0.3, 0.4) is 0 Å². The molecule has 30 heavy (non-hydrogen) atoms. The minimum absolute atomic E-state index is 0.0172. The zero-order valence-corrected chi connectivity index (χ0v) is 17.3. The first-order valence-corrected chi connectivity index (χ1v) is 9.76. The van der Waals surface area contributed by atoms with Gasteiger partial charge in [0.2, 0.25) is 5.91 Å². The standard InChI is InChI=1S/C23H21ClN4O2/c1-17-21(23(24)28(27-17)16-18-6-3-2-4-7-18)10-11-22(29)26-15-19-8-5-9-20(14-19)30-13-12-25/h2-11,14H,13,15-16H2,1H3,(H,26,29)/b11-10+. The molecule has 7 heteroatoms. The predicted octanol–water partition coefficient (Wildman–Crippen LogP) is 4.13. The topological polar surface area (TPSA) is 79.9 Å². The summed E-state index contributed by atoms with van der Waals surface area (Å²) in [4.78, 5) is 12.2. The summed E-state index contributed by atoms with van der Waals surface area (Å²) in [5, 5.41) is 16.4. The fourth-order valence-electron chi connectivity index (χ4n) is 2.89. The number of ether oxygens (including phenoxy) is 1. The molecule has 1 N–H and O–H groups in total. The third kappa shape index (κ3) is 5.72. The van der Waals surface area contributed by atoms with Gasteiger partial charge in [-0.25, -0.2) is 4.68 Å². The zero-order valence-electron chi connectivity index (χ0n) is 16.5. The molecule has 0 aliphatic rings. The summed E-state index contributed by atoms with van der Waals surface area (Å²) in [6.45, 7) is 2.74. The lowest BCUT2D eigenvalue weighted by molar-refractivity contribution is -0.116. The molecule has 6 nitrogen and oxygen atoms in total. The zero-order chi connectivity index (χ0) is 21.3. The number of hydrogen-bond acceptors (Lipinski definition) is 4. The van der Waals surface area contributed by atoms with E-state index in [1.807, 2.05) is 55.5 Å². The summed E-state index contributed by atoms with van der Waals surface area (Å²) in [6.07, 6.45) is 3.12. The van der Waals surface area contributed by atoms with Crippen LogP contribution in [0.15, 0.2) is 60.7 Å². The number of nitrogens with one attached hydrogen (secondary N) is 1. The van der Waals surface area contributed by atoms with Crippen molar-refractivity contribution < 1.29 is 9.53 Å². The Balaban J connectivity index is 1.60. The van der Waals surface area contributed by atoms with Gasteiger partial charge in [0.15, 0.2) is 6.61 Å². The quantitative estimate of drug-likeness (QED) is 0.556. The number of aromatic nitrogens is 2. The third-order valence-electron chi connectivity index (χ3n) is 4.35. The molecule has 152 valence electrons. The summed E-state index contributed by atoms with van der Waals surface area (Å²) in [7, 11) is 0. The number of halogens is 1. The van der Waals surface area contributed by atoms with Crippen molar-refractivity contribution in [1.82, 2.24) is 15.1 Å². The number of aryl methyl sites for hydroxylation is 1. The fourth-order valence-corrected chi connectivity index (χ4v) is 3.18. The minimum atomic E-state index is -0.246. The van der Waals surface area contributed by atoms with E-state index in [-0.39, 0.29) is 12.5 Å². The Kier molecular flexibility index (Phi) is 7.25. The molecule has 0 atom stereocenters. The van der Waals surface area contributed by atoms with E-state index >= 15 is 0 Å². The van der Waals surface area contributed by atoms with Crippen LogP contribution >= 0.6 is 11.6 Å². The highest BCUT2D eigenvalue weighted by atomic mass is 35.5. The molecule has 1 amide bonds. The number of nitrogens with zero attached hydrogens (tertiary/aromatic N) is 3. The van der Waals surface area contributed by atoms with E-state index < -0.39 is 0 Å². The van der Waals surface area contributed by atoms with Crippen LogP contribution in [0.25, 0.3) is 6.08 Å². The van der Waals surface area contributed by atoms with Gasteiger partial charge in [-0.05, 0) is 36.3 Å². The van der Waals surface area contributed by atoms with Crippen LogP contribution in [0.2, 0.25) is 5.15 Å². The summed E-state index contributed by atoms with van der Waals surface area (Å²) < 4.78 is 6.99. The van der Waals surface area contributed by atoms with Gasteiger partial charge in [-0.15, -0.1) is 0 Å². The Morgan fingerprint density at radius 2 is 2.00 bits per heavy atom. The Bertz CT molecular complexity index is 1080. The summed E-state index contributed by atoms with van der Waals surface area (Å²) in [5.74, 6) is 0.344. The van der Waals surface area contributed by atoms with Crippen molar-refractivity contribution in [1.29, 1.82) is 5.26 Å². The van der Waals surface area contributed by atoms with Crippen LogP contribution in [0.5, 0.6) is 5.75 Å². The lowest BCUT2D eigenvalue weighted by atomic mass is 10.2. The van der Waals surface area contributed by atoms with Crippen LogP contribution in [-0.2, 0) is 17.9 Å². The van der Waals surface area contributed by atoms with Crippen molar-refractivity contribution in [3.63, 3.8) is 0 Å². The number of carbonyl (C=O) groups excluding carboxylic acids is 1. The van der Waals surface area contributed by atoms with E-state index in [2.05, 4.69) is 10.4 Å². The van der Waals surface area contributed by atoms with Crippen molar-refractivity contribution in [3.05, 3.63) is 88.2 Å². The molecule has 0 aliphatic heterocycles. The minimum Gasteiger partial charge on any atom is -0.479 e. The number of carbonyl (C=O) groups is 1. The van der Waals surface area contributed by atoms with Gasteiger partial charge in [0.1, 0.15) is 17.0 Å². The molecule has 0 aliphatic carbocycles. The molecule has 3 aromatic rings. The monoisotopic (exact) mass is 420 g/mol. The highest BCUT2D eigenvalue weighted by Gasteiger charge is 2.11. The highest BCUT2D eigenvalue weighted by molar-refractivity contribution is 6.31. The molecule has 1 heterocycles. The number of benzene rings is 2. The second-order valence-electron chi connectivity index (χ2n) is 6.58. The molecule has 2 aromatic carbocycles. The molecule has 0 unspecified atom stereocenters. The molecular weight excluding hydrogens is 400 g/mol. The first kappa shape index (κ1) is 21.2. The van der Waals surface area contributed by atoms with Gasteiger partial charge in [0.05, 0.1) is 12.2 Å². The van der Waals surface area contributed by atoms with E-state index in [0.29, 0.717) is 24.0 Å². The Hall–Kier alpha value is -3.56. The maximum atomic E-state index is 12.2. The number of rotatable bonds is 8. The van der Waals surface area contributed by atoms with Gasteiger partial charge in [-0.1, -0.05) is 54.1 Å². The van der Waals surface area contributed by atoms with Gasteiger partial charge in [0, 0.05) is 18.2 Å². The summed E-state index contributed by atoms with van der Waals surface area (Å²) in [6, 6.07) is 19.1. The Morgan fingerprint density at radius 3 is 2.77 bits per heavy atom. The van der Waals surface area contributed by atoms with E-state index in [0.717, 1.165) is 22.4 Å². The molecule has 0 spiro atoms. The first-order valence-electron chi connectivity index (χ1n) is 9.38. The second kappa shape index (κ2) is 10.3. The van der Waals surface area contributed by atoms with Crippen molar-refractivity contribution in [2.75, 3.05) is 6.61 Å².